The fraction of sp³-hybridized carbons (Fsp3) is 0.417. The van der Waals surface area contributed by atoms with E-state index in [2.05, 4.69) is 10.3 Å². The standard InChI is InChI=1S/C12H17N3O2/c13-14-12(17)11-4-2-1-3-9(11)7-15-6-5-10(16)8-15/h1-4,10,16H,5-8,13H2,(H,14,17). The summed E-state index contributed by atoms with van der Waals surface area (Å²) >= 11 is 0. The SMILES string of the molecule is NNC(=O)c1ccccc1CN1CCC(O)C1. The van der Waals surface area contributed by atoms with E-state index in [-0.39, 0.29) is 12.0 Å². The molecule has 0 spiro atoms. The van der Waals surface area contributed by atoms with E-state index in [9.17, 15) is 9.90 Å². The Balaban J connectivity index is 2.12. The van der Waals surface area contributed by atoms with Gasteiger partial charge < -0.3 is 5.11 Å². The smallest absolute Gasteiger partial charge is 0.265 e. The Labute approximate surface area is 100 Å². The minimum Gasteiger partial charge on any atom is -0.392 e. The van der Waals surface area contributed by atoms with E-state index in [4.69, 9.17) is 5.84 Å². The van der Waals surface area contributed by atoms with Crippen LogP contribution in [0, 0.1) is 0 Å². The number of aliphatic hydroxyl groups excluding tert-OH is 1. The Hall–Kier alpha value is -1.43. The van der Waals surface area contributed by atoms with E-state index in [0.717, 1.165) is 18.5 Å². The largest absolute Gasteiger partial charge is 0.392 e. The number of nitrogen functional groups attached to an aromatic ring is 1. The summed E-state index contributed by atoms with van der Waals surface area (Å²) in [6.45, 7) is 2.19. The van der Waals surface area contributed by atoms with Crippen LogP contribution in [0.3, 0.4) is 0 Å². The number of amides is 1. The van der Waals surface area contributed by atoms with Crippen LogP contribution in [0.4, 0.5) is 0 Å². The minimum absolute atomic E-state index is 0.245. The molecule has 1 aromatic rings. The summed E-state index contributed by atoms with van der Waals surface area (Å²) in [5, 5.41) is 9.46. The van der Waals surface area contributed by atoms with Crippen molar-refractivity contribution in [1.29, 1.82) is 0 Å². The maximum Gasteiger partial charge on any atom is 0.265 e. The molecule has 17 heavy (non-hydrogen) atoms. The monoisotopic (exact) mass is 235 g/mol. The second-order valence-corrected chi connectivity index (χ2v) is 4.31. The summed E-state index contributed by atoms with van der Waals surface area (Å²) in [6.07, 6.45) is 0.552. The highest BCUT2D eigenvalue weighted by Crippen LogP contribution is 2.16. The van der Waals surface area contributed by atoms with Crippen molar-refractivity contribution in [3.63, 3.8) is 0 Å². The summed E-state index contributed by atoms with van der Waals surface area (Å²) in [5.74, 6) is 4.87. The Kier molecular flexibility index (Phi) is 3.73. The molecular formula is C12H17N3O2. The molecule has 1 aromatic carbocycles. The summed E-state index contributed by atoms with van der Waals surface area (Å²) in [4.78, 5) is 13.7. The first-order valence-corrected chi connectivity index (χ1v) is 5.70. The number of nitrogens with zero attached hydrogens (tertiary/aromatic N) is 1. The molecule has 1 heterocycles. The predicted molar refractivity (Wildman–Crippen MR) is 64.0 cm³/mol. The lowest BCUT2D eigenvalue weighted by Gasteiger charge is -2.16. The number of hydrogen-bond donors (Lipinski definition) is 3. The fourth-order valence-electron chi connectivity index (χ4n) is 2.15. The van der Waals surface area contributed by atoms with Crippen molar-refractivity contribution in [2.45, 2.75) is 19.1 Å². The lowest BCUT2D eigenvalue weighted by Crippen LogP contribution is -2.31. The lowest BCUT2D eigenvalue weighted by molar-refractivity contribution is 0.0951. The number of likely N-dealkylation sites (tertiary alicyclic amines) is 1. The predicted octanol–water partition coefficient (Wildman–Crippen LogP) is -0.143. The van der Waals surface area contributed by atoms with Gasteiger partial charge in [0.05, 0.1) is 6.10 Å². The lowest BCUT2D eigenvalue weighted by atomic mass is 10.1. The number of carbonyl (C=O) groups excluding carboxylic acids is 1. The third-order valence-corrected chi connectivity index (χ3v) is 3.03. The van der Waals surface area contributed by atoms with Crippen LogP contribution in [0.25, 0.3) is 0 Å². The molecule has 1 saturated heterocycles. The van der Waals surface area contributed by atoms with Crippen molar-refractivity contribution in [2.24, 2.45) is 5.84 Å². The molecule has 5 nitrogen and oxygen atoms in total. The van der Waals surface area contributed by atoms with Crippen LogP contribution >= 0.6 is 0 Å². The summed E-state index contributed by atoms with van der Waals surface area (Å²) < 4.78 is 0. The Morgan fingerprint density at radius 2 is 2.29 bits per heavy atom. The van der Waals surface area contributed by atoms with Crippen LogP contribution in [0.15, 0.2) is 24.3 Å². The van der Waals surface area contributed by atoms with Crippen LogP contribution in [-0.2, 0) is 6.54 Å². The maximum absolute atomic E-state index is 11.6. The van der Waals surface area contributed by atoms with Crippen LogP contribution in [0.2, 0.25) is 0 Å². The molecule has 1 aliphatic heterocycles. The fourth-order valence-corrected chi connectivity index (χ4v) is 2.15. The first-order valence-electron chi connectivity index (χ1n) is 5.70. The van der Waals surface area contributed by atoms with E-state index in [1.165, 1.54) is 0 Å². The number of aliphatic hydroxyl groups is 1. The summed E-state index contributed by atoms with van der Waals surface area (Å²) in [6, 6.07) is 7.38. The highest BCUT2D eigenvalue weighted by Gasteiger charge is 2.21. The molecule has 1 fully saturated rings. The van der Waals surface area contributed by atoms with Crippen LogP contribution in [0.5, 0.6) is 0 Å². The number of β-amino-alcohol motifs (C(OH)–C–C–N with tert-alkyl or cyclic N) is 1. The number of benzene rings is 1. The molecular weight excluding hydrogens is 218 g/mol. The number of nitrogens with one attached hydrogen (secondary N) is 1. The number of carbonyl (C=O) groups is 1. The Morgan fingerprint density at radius 3 is 2.94 bits per heavy atom. The zero-order valence-electron chi connectivity index (χ0n) is 9.60. The third-order valence-electron chi connectivity index (χ3n) is 3.03. The number of nitrogens with two attached hydrogens (primary N) is 1. The Bertz CT molecular complexity index is 408. The van der Waals surface area contributed by atoms with Gasteiger partial charge in [-0.2, -0.15) is 0 Å². The topological polar surface area (TPSA) is 78.6 Å². The van der Waals surface area contributed by atoms with E-state index in [1.54, 1.807) is 6.07 Å². The van der Waals surface area contributed by atoms with Gasteiger partial charge in [-0.05, 0) is 18.1 Å². The van der Waals surface area contributed by atoms with Gasteiger partial charge in [-0.1, -0.05) is 18.2 Å². The average molecular weight is 235 g/mol. The Morgan fingerprint density at radius 1 is 1.53 bits per heavy atom. The van der Waals surface area contributed by atoms with Crippen molar-refractivity contribution in [3.05, 3.63) is 35.4 Å². The molecule has 92 valence electrons. The maximum atomic E-state index is 11.6. The first kappa shape index (κ1) is 12.0. The number of rotatable bonds is 3. The van der Waals surface area contributed by atoms with Crippen molar-refractivity contribution in [3.8, 4) is 0 Å². The van der Waals surface area contributed by atoms with Gasteiger partial charge >= 0.3 is 0 Å². The molecule has 0 radical (unpaired) electrons. The summed E-state index contributed by atoms with van der Waals surface area (Å²) in [7, 11) is 0. The molecule has 5 heteroatoms. The van der Waals surface area contributed by atoms with Crippen LogP contribution < -0.4 is 11.3 Å². The average Bonchev–Trinajstić information content (AvgIpc) is 2.74. The van der Waals surface area contributed by atoms with Crippen molar-refractivity contribution < 1.29 is 9.90 Å². The van der Waals surface area contributed by atoms with Gasteiger partial charge in [0.15, 0.2) is 0 Å². The van der Waals surface area contributed by atoms with Crippen molar-refractivity contribution in [1.82, 2.24) is 10.3 Å². The van der Waals surface area contributed by atoms with E-state index in [0.29, 0.717) is 18.7 Å². The van der Waals surface area contributed by atoms with Crippen molar-refractivity contribution in [2.75, 3.05) is 13.1 Å². The molecule has 1 unspecified atom stereocenters. The zero-order chi connectivity index (χ0) is 12.3. The molecule has 0 bridgehead atoms. The number of hydrazine groups is 1. The van der Waals surface area contributed by atoms with Gasteiger partial charge in [-0.3, -0.25) is 15.1 Å². The molecule has 2 rings (SSSR count). The highest BCUT2D eigenvalue weighted by molar-refractivity contribution is 5.95. The van der Waals surface area contributed by atoms with Gasteiger partial charge in [-0.25, -0.2) is 5.84 Å². The second kappa shape index (κ2) is 5.27. The normalized spacial score (nSPS) is 20.5. The molecule has 0 saturated carbocycles. The van der Waals surface area contributed by atoms with Gasteiger partial charge in [0.1, 0.15) is 0 Å². The third kappa shape index (κ3) is 2.82. The molecule has 1 amide bonds. The second-order valence-electron chi connectivity index (χ2n) is 4.31. The van der Waals surface area contributed by atoms with E-state index >= 15 is 0 Å². The van der Waals surface area contributed by atoms with E-state index < -0.39 is 0 Å². The van der Waals surface area contributed by atoms with Crippen molar-refractivity contribution >= 4 is 5.91 Å². The molecule has 1 atom stereocenters. The first-order chi connectivity index (χ1) is 8.20. The molecule has 0 aromatic heterocycles. The van der Waals surface area contributed by atoms with Gasteiger partial charge in [0.2, 0.25) is 0 Å². The summed E-state index contributed by atoms with van der Waals surface area (Å²) in [5.41, 5.74) is 3.68. The minimum atomic E-state index is -0.277. The molecule has 4 N–H and O–H groups in total. The number of hydrogen-bond acceptors (Lipinski definition) is 4. The quantitative estimate of drug-likeness (QED) is 0.387. The van der Waals surface area contributed by atoms with E-state index in [1.807, 2.05) is 18.2 Å². The van der Waals surface area contributed by atoms with Crippen LogP contribution in [-0.4, -0.2) is 35.1 Å². The van der Waals surface area contributed by atoms with Gasteiger partial charge in [0.25, 0.3) is 5.91 Å². The molecule has 0 aliphatic carbocycles. The van der Waals surface area contributed by atoms with Gasteiger partial charge in [0, 0.05) is 25.2 Å². The highest BCUT2D eigenvalue weighted by atomic mass is 16.3. The molecule has 1 aliphatic rings. The van der Waals surface area contributed by atoms with Gasteiger partial charge in [-0.15, -0.1) is 0 Å². The zero-order valence-corrected chi connectivity index (χ0v) is 9.60. The van der Waals surface area contributed by atoms with Crippen LogP contribution in [0.1, 0.15) is 22.3 Å².